The fourth-order valence-electron chi connectivity index (χ4n) is 2.66. The summed E-state index contributed by atoms with van der Waals surface area (Å²) in [4.78, 5) is 2.53. The molecule has 0 spiro atoms. The molecule has 3 nitrogen and oxygen atoms in total. The van der Waals surface area contributed by atoms with Crippen LogP contribution in [0.3, 0.4) is 0 Å². The molecule has 1 atom stereocenters. The van der Waals surface area contributed by atoms with E-state index in [9.17, 15) is 0 Å². The van der Waals surface area contributed by atoms with Crippen molar-refractivity contribution in [3.63, 3.8) is 0 Å². The number of hydrogen-bond acceptors (Lipinski definition) is 3. The maximum atomic E-state index is 5.38. The highest BCUT2D eigenvalue weighted by Crippen LogP contribution is 2.34. The first-order valence-electron chi connectivity index (χ1n) is 7.04. The maximum Gasteiger partial charge on any atom is 0.119 e. The van der Waals surface area contributed by atoms with Gasteiger partial charge in [0.15, 0.2) is 0 Å². The second-order valence-corrected chi connectivity index (χ2v) is 6.20. The minimum atomic E-state index is 0. The molecule has 1 N–H and O–H groups in total. The van der Waals surface area contributed by atoms with Crippen LogP contribution in [0.1, 0.15) is 24.9 Å². The number of ether oxygens (including phenoxy) is 1. The molecule has 0 aliphatic carbocycles. The number of nitrogens with zero attached hydrogens (tertiary/aromatic N) is 1. The summed E-state index contributed by atoms with van der Waals surface area (Å²) in [5, 5.41) is 3.41. The molecule has 1 aliphatic heterocycles. The van der Waals surface area contributed by atoms with Gasteiger partial charge in [-0.3, -0.25) is 4.90 Å². The van der Waals surface area contributed by atoms with Gasteiger partial charge in [-0.15, -0.1) is 31.4 Å². The molecule has 126 valence electrons. The van der Waals surface area contributed by atoms with Crippen LogP contribution in [0, 0.1) is 0 Å². The van der Waals surface area contributed by atoms with E-state index in [1.807, 2.05) is 6.07 Å². The summed E-state index contributed by atoms with van der Waals surface area (Å²) >= 11 is 3.69. The van der Waals surface area contributed by atoms with E-state index >= 15 is 0 Å². The summed E-state index contributed by atoms with van der Waals surface area (Å²) in [6.45, 7) is 10.4. The van der Waals surface area contributed by atoms with Crippen LogP contribution < -0.4 is 10.1 Å². The summed E-state index contributed by atoms with van der Waals surface area (Å²) in [6, 6.07) is 6.56. The van der Waals surface area contributed by atoms with Crippen molar-refractivity contribution in [3.8, 4) is 5.75 Å². The molecule has 2 rings (SSSR count). The van der Waals surface area contributed by atoms with Crippen LogP contribution in [0.2, 0.25) is 0 Å². The Labute approximate surface area is 154 Å². The van der Waals surface area contributed by atoms with Crippen LogP contribution in [0.15, 0.2) is 34.8 Å². The standard InChI is InChI=1S/C16H23BrN2O.2ClH/c1-12(2)10-16(19-8-6-18-7-9-19)14-11-13(20-3)4-5-15(14)17;;/h4-5,11,16,18H,1,6-10H2,2-3H3;2*1H/t16-;;/m1../s1. The van der Waals surface area contributed by atoms with Gasteiger partial charge in [-0.1, -0.05) is 21.5 Å². The molecule has 1 fully saturated rings. The van der Waals surface area contributed by atoms with Gasteiger partial charge < -0.3 is 10.1 Å². The van der Waals surface area contributed by atoms with Crippen molar-refractivity contribution in [2.75, 3.05) is 33.3 Å². The fourth-order valence-corrected chi connectivity index (χ4v) is 3.17. The average Bonchev–Trinajstić information content (AvgIpc) is 2.46. The number of benzene rings is 1. The zero-order chi connectivity index (χ0) is 14.5. The van der Waals surface area contributed by atoms with Gasteiger partial charge >= 0.3 is 0 Å². The summed E-state index contributed by atoms with van der Waals surface area (Å²) < 4.78 is 6.52. The van der Waals surface area contributed by atoms with E-state index in [0.717, 1.165) is 42.8 Å². The van der Waals surface area contributed by atoms with Gasteiger partial charge in [0.05, 0.1) is 7.11 Å². The predicted octanol–water partition coefficient (Wildman–Crippen LogP) is 4.21. The zero-order valence-electron chi connectivity index (χ0n) is 13.1. The van der Waals surface area contributed by atoms with Crippen LogP contribution in [0.4, 0.5) is 0 Å². The molecule has 6 heteroatoms. The Balaban J connectivity index is 0.00000220. The van der Waals surface area contributed by atoms with Crippen LogP contribution in [-0.4, -0.2) is 38.2 Å². The molecule has 1 heterocycles. The Morgan fingerprint density at radius 2 is 2.00 bits per heavy atom. The minimum absolute atomic E-state index is 0. The van der Waals surface area contributed by atoms with Crippen LogP contribution in [-0.2, 0) is 0 Å². The summed E-state index contributed by atoms with van der Waals surface area (Å²) in [6.07, 6.45) is 0.978. The minimum Gasteiger partial charge on any atom is -0.497 e. The normalized spacial score (nSPS) is 16.1. The summed E-state index contributed by atoms with van der Waals surface area (Å²) in [5.74, 6) is 0.907. The number of nitrogens with one attached hydrogen (secondary N) is 1. The third-order valence-corrected chi connectivity index (χ3v) is 4.42. The third-order valence-electron chi connectivity index (χ3n) is 3.70. The van der Waals surface area contributed by atoms with Crippen molar-refractivity contribution in [3.05, 3.63) is 40.4 Å². The lowest BCUT2D eigenvalue weighted by molar-refractivity contribution is 0.171. The first-order valence-corrected chi connectivity index (χ1v) is 7.83. The van der Waals surface area contributed by atoms with E-state index in [2.05, 4.69) is 51.8 Å². The molecule has 1 aliphatic rings. The molecule has 0 bridgehead atoms. The van der Waals surface area contributed by atoms with E-state index in [1.54, 1.807) is 7.11 Å². The second-order valence-electron chi connectivity index (χ2n) is 5.35. The van der Waals surface area contributed by atoms with Gasteiger partial charge in [0, 0.05) is 36.7 Å². The van der Waals surface area contributed by atoms with Gasteiger partial charge in [0.25, 0.3) is 0 Å². The van der Waals surface area contributed by atoms with Crippen LogP contribution in [0.25, 0.3) is 0 Å². The molecule has 0 radical (unpaired) electrons. The third kappa shape index (κ3) is 5.74. The summed E-state index contributed by atoms with van der Waals surface area (Å²) in [5.41, 5.74) is 2.50. The highest BCUT2D eigenvalue weighted by atomic mass is 79.9. The lowest BCUT2D eigenvalue weighted by atomic mass is 9.97. The number of piperazine rings is 1. The number of halogens is 3. The smallest absolute Gasteiger partial charge is 0.119 e. The van der Waals surface area contributed by atoms with Crippen molar-refractivity contribution >= 4 is 40.7 Å². The van der Waals surface area contributed by atoms with Gasteiger partial charge in [-0.2, -0.15) is 0 Å². The van der Waals surface area contributed by atoms with Crippen molar-refractivity contribution in [2.24, 2.45) is 0 Å². The largest absolute Gasteiger partial charge is 0.497 e. The van der Waals surface area contributed by atoms with Gasteiger partial charge in [-0.25, -0.2) is 0 Å². The molecule has 22 heavy (non-hydrogen) atoms. The topological polar surface area (TPSA) is 24.5 Å². The number of hydrogen-bond donors (Lipinski definition) is 1. The molecule has 1 saturated heterocycles. The first kappa shape index (κ1) is 21.7. The molecule has 1 aromatic rings. The second kappa shape index (κ2) is 10.5. The molecule has 0 unspecified atom stereocenters. The van der Waals surface area contributed by atoms with E-state index in [4.69, 9.17) is 4.74 Å². The lowest BCUT2D eigenvalue weighted by Gasteiger charge is -2.36. The van der Waals surface area contributed by atoms with Crippen molar-refractivity contribution < 1.29 is 4.74 Å². The Morgan fingerprint density at radius 1 is 1.36 bits per heavy atom. The van der Waals surface area contributed by atoms with Crippen LogP contribution in [0.5, 0.6) is 5.75 Å². The number of methoxy groups -OCH3 is 1. The Hall–Kier alpha value is -0.260. The maximum absolute atomic E-state index is 5.38. The molecular weight excluding hydrogens is 387 g/mol. The highest BCUT2D eigenvalue weighted by Gasteiger charge is 2.24. The molecule has 1 aromatic carbocycles. The van der Waals surface area contributed by atoms with E-state index in [0.29, 0.717) is 6.04 Å². The van der Waals surface area contributed by atoms with Gasteiger partial charge in [0.2, 0.25) is 0 Å². The quantitative estimate of drug-likeness (QED) is 0.734. The van der Waals surface area contributed by atoms with Gasteiger partial charge in [-0.05, 0) is 37.1 Å². The first-order chi connectivity index (χ1) is 9.61. The molecule has 0 amide bonds. The van der Waals surface area contributed by atoms with E-state index in [1.165, 1.54) is 11.1 Å². The van der Waals surface area contributed by atoms with Crippen molar-refractivity contribution in [2.45, 2.75) is 19.4 Å². The molecular formula is C16H25BrCl2N2O. The van der Waals surface area contributed by atoms with Crippen LogP contribution >= 0.6 is 40.7 Å². The highest BCUT2D eigenvalue weighted by molar-refractivity contribution is 9.10. The average molecular weight is 412 g/mol. The monoisotopic (exact) mass is 410 g/mol. The van der Waals surface area contributed by atoms with Crippen molar-refractivity contribution in [1.29, 1.82) is 0 Å². The fraction of sp³-hybridized carbons (Fsp3) is 0.500. The van der Waals surface area contributed by atoms with E-state index < -0.39 is 0 Å². The lowest BCUT2D eigenvalue weighted by Crippen LogP contribution is -2.45. The Bertz CT molecular complexity index is 479. The zero-order valence-corrected chi connectivity index (χ0v) is 16.3. The predicted molar refractivity (Wildman–Crippen MR) is 102 cm³/mol. The summed E-state index contributed by atoms with van der Waals surface area (Å²) in [7, 11) is 1.71. The van der Waals surface area contributed by atoms with E-state index in [-0.39, 0.29) is 24.8 Å². The molecule has 0 saturated carbocycles. The van der Waals surface area contributed by atoms with Crippen molar-refractivity contribution in [1.82, 2.24) is 10.2 Å². The number of rotatable bonds is 5. The van der Waals surface area contributed by atoms with Gasteiger partial charge in [0.1, 0.15) is 5.75 Å². The Kier molecular flexibility index (Phi) is 10.4. The molecule has 0 aromatic heterocycles. The SMILES string of the molecule is C=C(C)C[C@H](c1cc(OC)ccc1Br)N1CCNCC1.Cl.Cl. The Morgan fingerprint density at radius 3 is 2.55 bits per heavy atom.